The van der Waals surface area contributed by atoms with Crippen molar-refractivity contribution in [1.82, 2.24) is 15.1 Å². The molecule has 1 atom stereocenters. The van der Waals surface area contributed by atoms with Crippen LogP contribution >= 0.6 is 0 Å². The number of nitrogens with zero attached hydrogens (tertiary/aromatic N) is 2. The Bertz CT molecular complexity index is 531. The molecule has 0 saturated heterocycles. The third-order valence-electron chi connectivity index (χ3n) is 3.86. The van der Waals surface area contributed by atoms with Crippen molar-refractivity contribution < 1.29 is 0 Å². The number of benzene rings is 1. The molecule has 0 aliphatic heterocycles. The summed E-state index contributed by atoms with van der Waals surface area (Å²) in [6, 6.07) is 8.70. The van der Waals surface area contributed by atoms with Crippen molar-refractivity contribution in [2.24, 2.45) is 13.0 Å². The van der Waals surface area contributed by atoms with Crippen molar-refractivity contribution in [1.29, 1.82) is 0 Å². The molecule has 0 saturated carbocycles. The van der Waals surface area contributed by atoms with Gasteiger partial charge in [0, 0.05) is 13.2 Å². The summed E-state index contributed by atoms with van der Waals surface area (Å²) in [5, 5.41) is 7.57. The molecule has 20 heavy (non-hydrogen) atoms. The molecule has 0 fully saturated rings. The van der Waals surface area contributed by atoms with Crippen LogP contribution in [-0.2, 0) is 19.9 Å². The highest BCUT2D eigenvalue weighted by Gasteiger charge is 2.11. The molecule has 0 aliphatic carbocycles. The largest absolute Gasteiger partial charge is 0.319 e. The lowest BCUT2D eigenvalue weighted by Gasteiger charge is -2.17. The fraction of sp³-hybridized carbons (Fsp3) is 0.471. The zero-order chi connectivity index (χ0) is 14.4. The average molecular weight is 271 g/mol. The van der Waals surface area contributed by atoms with Crippen molar-refractivity contribution in [2.75, 3.05) is 13.6 Å². The lowest BCUT2D eigenvalue weighted by atomic mass is 9.91. The molecular weight excluding hydrogens is 246 g/mol. The summed E-state index contributed by atoms with van der Waals surface area (Å²) in [6.45, 7) is 3.27. The Balaban J connectivity index is 1.95. The topological polar surface area (TPSA) is 29.9 Å². The van der Waals surface area contributed by atoms with E-state index >= 15 is 0 Å². The highest BCUT2D eigenvalue weighted by Crippen LogP contribution is 2.17. The minimum absolute atomic E-state index is 0.668. The first-order chi connectivity index (χ1) is 9.69. The van der Waals surface area contributed by atoms with Gasteiger partial charge in [0.15, 0.2) is 0 Å². The van der Waals surface area contributed by atoms with E-state index in [1.54, 1.807) is 0 Å². The lowest BCUT2D eigenvalue weighted by molar-refractivity contribution is 0.460. The second-order valence-electron chi connectivity index (χ2n) is 5.62. The second kappa shape index (κ2) is 7.25. The van der Waals surface area contributed by atoms with Gasteiger partial charge in [0.2, 0.25) is 0 Å². The van der Waals surface area contributed by atoms with Crippen LogP contribution in [0.15, 0.2) is 36.7 Å². The molecule has 2 aromatic rings. The molecule has 1 heterocycles. The monoisotopic (exact) mass is 271 g/mol. The molecule has 1 unspecified atom stereocenters. The second-order valence-corrected chi connectivity index (χ2v) is 5.62. The molecule has 0 spiro atoms. The van der Waals surface area contributed by atoms with Crippen molar-refractivity contribution >= 4 is 0 Å². The predicted octanol–water partition coefficient (Wildman–Crippen LogP) is 2.74. The highest BCUT2D eigenvalue weighted by atomic mass is 15.2. The van der Waals surface area contributed by atoms with Crippen molar-refractivity contribution in [3.63, 3.8) is 0 Å². The van der Waals surface area contributed by atoms with Gasteiger partial charge in [-0.3, -0.25) is 4.68 Å². The Morgan fingerprint density at radius 1 is 1.30 bits per heavy atom. The van der Waals surface area contributed by atoms with E-state index < -0.39 is 0 Å². The summed E-state index contributed by atoms with van der Waals surface area (Å²) in [6.07, 6.45) is 7.54. The highest BCUT2D eigenvalue weighted by molar-refractivity contribution is 5.26. The van der Waals surface area contributed by atoms with Gasteiger partial charge in [0.25, 0.3) is 0 Å². The predicted molar refractivity (Wildman–Crippen MR) is 83.8 cm³/mol. The van der Waals surface area contributed by atoms with Crippen LogP contribution in [0.25, 0.3) is 0 Å². The van der Waals surface area contributed by atoms with Crippen LogP contribution in [0.2, 0.25) is 0 Å². The zero-order valence-corrected chi connectivity index (χ0v) is 12.8. The molecule has 3 nitrogen and oxygen atoms in total. The third-order valence-corrected chi connectivity index (χ3v) is 3.86. The number of rotatable bonds is 7. The third kappa shape index (κ3) is 4.20. The molecule has 0 radical (unpaired) electrons. The first kappa shape index (κ1) is 14.8. The Morgan fingerprint density at radius 2 is 2.10 bits per heavy atom. The standard InChI is InChI=1S/C17H25N3/c1-14-6-4-5-7-17(14)10-15(11-18-2)8-9-16-12-19-20(3)13-16/h4-7,12-13,15,18H,8-11H2,1-3H3. The fourth-order valence-electron chi connectivity index (χ4n) is 2.69. The molecule has 0 bridgehead atoms. The first-order valence-corrected chi connectivity index (χ1v) is 7.35. The van der Waals surface area contributed by atoms with Crippen LogP contribution in [0, 0.1) is 12.8 Å². The van der Waals surface area contributed by atoms with E-state index in [4.69, 9.17) is 0 Å². The molecule has 3 heteroatoms. The number of nitrogens with one attached hydrogen (secondary N) is 1. The SMILES string of the molecule is CNCC(CCc1cnn(C)c1)Cc1ccccc1C. The normalized spacial score (nSPS) is 12.6. The smallest absolute Gasteiger partial charge is 0.0521 e. The number of hydrogen-bond acceptors (Lipinski definition) is 2. The number of hydrogen-bond donors (Lipinski definition) is 1. The van der Waals surface area contributed by atoms with Gasteiger partial charge in [-0.05, 0) is 62.4 Å². The molecule has 1 aromatic heterocycles. The minimum Gasteiger partial charge on any atom is -0.319 e. The van der Waals surface area contributed by atoms with Crippen LogP contribution in [-0.4, -0.2) is 23.4 Å². The zero-order valence-electron chi connectivity index (χ0n) is 12.8. The van der Waals surface area contributed by atoms with Gasteiger partial charge >= 0.3 is 0 Å². The van der Waals surface area contributed by atoms with Crippen LogP contribution in [0.3, 0.4) is 0 Å². The van der Waals surface area contributed by atoms with Crippen molar-refractivity contribution in [3.05, 3.63) is 53.3 Å². The Hall–Kier alpha value is -1.61. The minimum atomic E-state index is 0.668. The van der Waals surface area contributed by atoms with Crippen LogP contribution < -0.4 is 5.32 Å². The van der Waals surface area contributed by atoms with Gasteiger partial charge in [-0.15, -0.1) is 0 Å². The fourth-order valence-corrected chi connectivity index (χ4v) is 2.69. The Labute approximate surface area is 122 Å². The van der Waals surface area contributed by atoms with E-state index in [-0.39, 0.29) is 0 Å². The molecule has 1 aromatic carbocycles. The van der Waals surface area contributed by atoms with Gasteiger partial charge < -0.3 is 5.32 Å². The first-order valence-electron chi connectivity index (χ1n) is 7.35. The average Bonchev–Trinajstić information content (AvgIpc) is 2.85. The Morgan fingerprint density at radius 3 is 2.75 bits per heavy atom. The van der Waals surface area contributed by atoms with Gasteiger partial charge in [0.1, 0.15) is 0 Å². The summed E-state index contributed by atoms with van der Waals surface area (Å²) in [5.74, 6) is 0.668. The van der Waals surface area contributed by atoms with Crippen LogP contribution in [0.1, 0.15) is 23.1 Å². The van der Waals surface area contributed by atoms with Crippen molar-refractivity contribution in [2.45, 2.75) is 26.2 Å². The molecule has 108 valence electrons. The molecule has 2 rings (SSSR count). The van der Waals surface area contributed by atoms with Gasteiger partial charge in [0.05, 0.1) is 6.20 Å². The van der Waals surface area contributed by atoms with Gasteiger partial charge in [-0.2, -0.15) is 5.10 Å². The van der Waals surface area contributed by atoms with E-state index in [0.29, 0.717) is 5.92 Å². The summed E-state index contributed by atoms with van der Waals surface area (Å²) in [7, 11) is 4.01. The number of aryl methyl sites for hydroxylation is 3. The molecular formula is C17H25N3. The Kier molecular flexibility index (Phi) is 5.36. The summed E-state index contributed by atoms with van der Waals surface area (Å²) >= 11 is 0. The maximum Gasteiger partial charge on any atom is 0.0521 e. The van der Waals surface area contributed by atoms with E-state index in [9.17, 15) is 0 Å². The number of aromatic nitrogens is 2. The lowest BCUT2D eigenvalue weighted by Crippen LogP contribution is -2.21. The van der Waals surface area contributed by atoms with Gasteiger partial charge in [-0.1, -0.05) is 24.3 Å². The summed E-state index contributed by atoms with van der Waals surface area (Å²) in [5.41, 5.74) is 4.20. The summed E-state index contributed by atoms with van der Waals surface area (Å²) in [4.78, 5) is 0. The maximum atomic E-state index is 4.24. The quantitative estimate of drug-likeness (QED) is 0.839. The van der Waals surface area contributed by atoms with E-state index in [1.807, 2.05) is 25.0 Å². The molecule has 0 amide bonds. The summed E-state index contributed by atoms with van der Waals surface area (Å²) < 4.78 is 1.88. The molecule has 1 N–H and O–H groups in total. The van der Waals surface area contributed by atoms with Gasteiger partial charge in [-0.25, -0.2) is 0 Å². The van der Waals surface area contributed by atoms with E-state index in [0.717, 1.165) is 19.4 Å². The van der Waals surface area contributed by atoms with Crippen LogP contribution in [0.5, 0.6) is 0 Å². The van der Waals surface area contributed by atoms with Crippen molar-refractivity contribution in [3.8, 4) is 0 Å². The van der Waals surface area contributed by atoms with Crippen LogP contribution in [0.4, 0.5) is 0 Å². The van der Waals surface area contributed by atoms with E-state index in [1.165, 1.54) is 23.1 Å². The maximum absolute atomic E-state index is 4.24. The van der Waals surface area contributed by atoms with E-state index in [2.05, 4.69) is 47.8 Å². The molecule has 0 aliphatic rings.